The topological polar surface area (TPSA) is 37.5 Å². The fourth-order valence-corrected chi connectivity index (χ4v) is 5.31. The van der Waals surface area contributed by atoms with Crippen molar-refractivity contribution in [1.82, 2.24) is 9.38 Å². The van der Waals surface area contributed by atoms with Crippen molar-refractivity contribution in [3.8, 4) is 0 Å². The zero-order valence-corrected chi connectivity index (χ0v) is 13.5. The first-order valence-electron chi connectivity index (χ1n) is 8.35. The summed E-state index contributed by atoms with van der Waals surface area (Å²) >= 11 is 1.83. The van der Waals surface area contributed by atoms with Gasteiger partial charge >= 0.3 is 0 Å². The van der Waals surface area contributed by atoms with E-state index in [0.717, 1.165) is 18.0 Å². The molecule has 4 rings (SSSR count). The van der Waals surface area contributed by atoms with E-state index in [-0.39, 0.29) is 6.10 Å². The number of fused-ring (bicyclic) bond motifs is 1. The molecule has 2 aromatic rings. The van der Waals surface area contributed by atoms with Crippen molar-refractivity contribution in [2.45, 2.75) is 63.9 Å². The highest BCUT2D eigenvalue weighted by Crippen LogP contribution is 2.48. The Morgan fingerprint density at radius 3 is 3.00 bits per heavy atom. The molecule has 0 aromatic carbocycles. The summed E-state index contributed by atoms with van der Waals surface area (Å²) in [5.74, 6) is 2.22. The molecule has 4 heteroatoms. The number of aromatic nitrogens is 2. The van der Waals surface area contributed by atoms with E-state index in [1.54, 1.807) is 0 Å². The van der Waals surface area contributed by atoms with Crippen LogP contribution in [0.15, 0.2) is 12.5 Å². The van der Waals surface area contributed by atoms with Crippen molar-refractivity contribution >= 4 is 16.2 Å². The highest BCUT2D eigenvalue weighted by atomic mass is 32.1. The average molecular weight is 304 g/mol. The number of aliphatic hydroxyl groups excluding tert-OH is 1. The number of nitrogens with zero attached hydrogens (tertiary/aromatic N) is 2. The van der Waals surface area contributed by atoms with Crippen molar-refractivity contribution in [2.75, 3.05) is 0 Å². The molecule has 0 radical (unpaired) electrons. The molecule has 0 amide bonds. The van der Waals surface area contributed by atoms with Crippen molar-refractivity contribution in [2.24, 2.45) is 11.8 Å². The van der Waals surface area contributed by atoms with Gasteiger partial charge in [0.1, 0.15) is 11.2 Å². The molecule has 2 fully saturated rings. The quantitative estimate of drug-likeness (QED) is 0.901. The summed E-state index contributed by atoms with van der Waals surface area (Å²) < 4.78 is 2.13. The van der Waals surface area contributed by atoms with E-state index in [1.165, 1.54) is 48.2 Å². The van der Waals surface area contributed by atoms with Gasteiger partial charge in [-0.3, -0.25) is 4.40 Å². The normalized spacial score (nSPS) is 28.1. The van der Waals surface area contributed by atoms with Crippen LogP contribution in [0.1, 0.15) is 74.5 Å². The number of hydrogen-bond donors (Lipinski definition) is 1. The number of aliphatic hydroxyl groups is 1. The van der Waals surface area contributed by atoms with Crippen molar-refractivity contribution < 1.29 is 5.11 Å². The number of imidazole rings is 1. The third kappa shape index (κ3) is 2.64. The van der Waals surface area contributed by atoms with Crippen molar-refractivity contribution in [3.05, 3.63) is 23.1 Å². The van der Waals surface area contributed by atoms with Crippen molar-refractivity contribution in [3.63, 3.8) is 0 Å². The lowest BCUT2D eigenvalue weighted by Gasteiger charge is -2.28. The van der Waals surface area contributed by atoms with Crippen LogP contribution in [0.3, 0.4) is 0 Å². The molecule has 2 aliphatic rings. The number of thiazole rings is 1. The third-order valence-corrected chi connectivity index (χ3v) is 6.47. The Bertz CT molecular complexity index is 628. The van der Waals surface area contributed by atoms with Crippen LogP contribution in [0.4, 0.5) is 0 Å². The first kappa shape index (κ1) is 13.8. The minimum Gasteiger partial charge on any atom is -0.387 e. The second-order valence-corrected chi connectivity index (χ2v) is 8.18. The largest absolute Gasteiger partial charge is 0.387 e. The molecule has 3 unspecified atom stereocenters. The van der Waals surface area contributed by atoms with E-state index in [1.807, 2.05) is 23.9 Å². The molecule has 0 spiro atoms. The summed E-state index contributed by atoms with van der Waals surface area (Å²) in [6.45, 7) is 2.35. The molecule has 2 aromatic heterocycles. The molecule has 1 N–H and O–H groups in total. The molecule has 0 saturated heterocycles. The van der Waals surface area contributed by atoms with E-state index in [4.69, 9.17) is 0 Å². The lowest BCUT2D eigenvalue weighted by molar-refractivity contribution is 0.117. The molecule has 2 saturated carbocycles. The molecule has 21 heavy (non-hydrogen) atoms. The number of rotatable bonds is 4. The Kier molecular flexibility index (Phi) is 3.54. The summed E-state index contributed by atoms with van der Waals surface area (Å²) in [4.78, 5) is 6.85. The molecular formula is C17H24N2OS. The maximum Gasteiger partial charge on any atom is 0.120 e. The lowest BCUT2D eigenvalue weighted by atomic mass is 9.79. The molecule has 0 bridgehead atoms. The van der Waals surface area contributed by atoms with Gasteiger partial charge in [-0.1, -0.05) is 26.2 Å². The van der Waals surface area contributed by atoms with E-state index in [2.05, 4.69) is 16.3 Å². The lowest BCUT2D eigenvalue weighted by Crippen LogP contribution is -2.17. The summed E-state index contributed by atoms with van der Waals surface area (Å²) in [5.41, 5.74) is 1.15. The van der Waals surface area contributed by atoms with Crippen LogP contribution in [-0.2, 0) is 0 Å². The van der Waals surface area contributed by atoms with Crippen LogP contribution in [0.25, 0.3) is 4.83 Å². The molecule has 2 heterocycles. The molecular weight excluding hydrogens is 280 g/mol. The van der Waals surface area contributed by atoms with E-state index >= 15 is 0 Å². The van der Waals surface area contributed by atoms with Gasteiger partial charge in [0.25, 0.3) is 0 Å². The Hall–Kier alpha value is -0.870. The fourth-order valence-electron chi connectivity index (χ4n) is 3.99. The van der Waals surface area contributed by atoms with Crippen LogP contribution in [0, 0.1) is 11.8 Å². The van der Waals surface area contributed by atoms with Gasteiger partial charge in [-0.15, -0.1) is 11.3 Å². The Morgan fingerprint density at radius 1 is 1.38 bits per heavy atom. The summed E-state index contributed by atoms with van der Waals surface area (Å²) in [6, 6.07) is 0. The second-order valence-electron chi connectivity index (χ2n) is 7.12. The Morgan fingerprint density at radius 2 is 2.24 bits per heavy atom. The van der Waals surface area contributed by atoms with E-state index in [0.29, 0.717) is 11.8 Å². The monoisotopic (exact) mass is 304 g/mol. The molecule has 2 aliphatic carbocycles. The first-order chi connectivity index (χ1) is 10.2. The minimum absolute atomic E-state index is 0.321. The van der Waals surface area contributed by atoms with Gasteiger partial charge in [-0.05, 0) is 43.4 Å². The van der Waals surface area contributed by atoms with Gasteiger partial charge < -0.3 is 5.11 Å². The highest BCUT2D eigenvalue weighted by Gasteiger charge is 2.33. The first-order valence-corrected chi connectivity index (χ1v) is 9.16. The zero-order valence-electron chi connectivity index (χ0n) is 12.7. The maximum absolute atomic E-state index is 10.9. The highest BCUT2D eigenvalue weighted by molar-refractivity contribution is 7.17. The zero-order chi connectivity index (χ0) is 14.4. The average Bonchev–Trinajstić information content (AvgIpc) is 3.07. The van der Waals surface area contributed by atoms with Gasteiger partial charge in [-0.2, -0.15) is 0 Å². The Labute approximate surface area is 130 Å². The second kappa shape index (κ2) is 5.40. The predicted octanol–water partition coefficient (Wildman–Crippen LogP) is 4.52. The van der Waals surface area contributed by atoms with Crippen LogP contribution in [0.2, 0.25) is 0 Å². The van der Waals surface area contributed by atoms with Crippen LogP contribution < -0.4 is 0 Å². The van der Waals surface area contributed by atoms with Gasteiger partial charge in [-0.25, -0.2) is 4.98 Å². The fraction of sp³-hybridized carbons (Fsp3) is 0.706. The molecule has 114 valence electrons. The molecule has 3 atom stereocenters. The minimum atomic E-state index is -0.321. The van der Waals surface area contributed by atoms with E-state index < -0.39 is 0 Å². The van der Waals surface area contributed by atoms with Crippen molar-refractivity contribution in [1.29, 1.82) is 0 Å². The van der Waals surface area contributed by atoms with Gasteiger partial charge in [0, 0.05) is 4.88 Å². The molecule has 3 nitrogen and oxygen atoms in total. The standard InChI is InChI=1S/C17H24N2OS/c1-11-3-2-4-12(7-11)8-14(20)16-17(13-5-6-13)21-15-9-18-10-19(15)16/h9-14,20H,2-8H2,1H3. The molecule has 0 aliphatic heterocycles. The van der Waals surface area contributed by atoms with Crippen LogP contribution in [0.5, 0.6) is 0 Å². The van der Waals surface area contributed by atoms with Crippen LogP contribution in [-0.4, -0.2) is 14.5 Å². The third-order valence-electron chi connectivity index (χ3n) is 5.20. The summed E-state index contributed by atoms with van der Waals surface area (Å²) in [5, 5.41) is 10.9. The summed E-state index contributed by atoms with van der Waals surface area (Å²) in [6.07, 6.45) is 12.3. The summed E-state index contributed by atoms with van der Waals surface area (Å²) in [7, 11) is 0. The number of hydrogen-bond acceptors (Lipinski definition) is 3. The maximum atomic E-state index is 10.9. The van der Waals surface area contributed by atoms with Gasteiger partial charge in [0.2, 0.25) is 0 Å². The van der Waals surface area contributed by atoms with Gasteiger partial charge in [0.05, 0.1) is 18.0 Å². The predicted molar refractivity (Wildman–Crippen MR) is 85.7 cm³/mol. The SMILES string of the molecule is CC1CCCC(CC(O)c2c(C3CC3)sc3cncn23)C1. The van der Waals surface area contributed by atoms with E-state index in [9.17, 15) is 5.11 Å². The Balaban J connectivity index is 1.59. The van der Waals surface area contributed by atoms with Gasteiger partial charge in [0.15, 0.2) is 0 Å². The van der Waals surface area contributed by atoms with Crippen LogP contribution >= 0.6 is 11.3 Å². The smallest absolute Gasteiger partial charge is 0.120 e.